The van der Waals surface area contributed by atoms with Crippen LogP contribution in [0.2, 0.25) is 0 Å². The van der Waals surface area contributed by atoms with Crippen molar-refractivity contribution in [2.45, 2.75) is 32.9 Å². The van der Waals surface area contributed by atoms with Crippen LogP contribution >= 0.6 is 0 Å². The Morgan fingerprint density at radius 1 is 0.929 bits per heavy atom. The third kappa shape index (κ3) is 6.64. The van der Waals surface area contributed by atoms with Crippen LogP contribution in [-0.2, 0) is 15.7 Å². The van der Waals surface area contributed by atoms with Crippen LogP contribution in [0, 0.1) is 0 Å². The SMILES string of the molecule is CC/C=C(/CC(=O)OCC)Oc1ccc(Oc2ccc(C(F)(F)F)cc2)cc1. The van der Waals surface area contributed by atoms with Gasteiger partial charge < -0.3 is 14.2 Å². The van der Waals surface area contributed by atoms with Crippen LogP contribution < -0.4 is 9.47 Å². The summed E-state index contributed by atoms with van der Waals surface area (Å²) in [6.07, 6.45) is -1.86. The monoisotopic (exact) mass is 394 g/mol. The fourth-order valence-corrected chi connectivity index (χ4v) is 2.31. The first-order valence-corrected chi connectivity index (χ1v) is 8.79. The summed E-state index contributed by atoms with van der Waals surface area (Å²) in [5, 5.41) is 0. The molecule has 0 saturated heterocycles. The average Bonchev–Trinajstić information content (AvgIpc) is 2.63. The summed E-state index contributed by atoms with van der Waals surface area (Å²) in [6, 6.07) is 11.0. The molecule has 0 aliphatic rings. The highest BCUT2D eigenvalue weighted by Gasteiger charge is 2.30. The van der Waals surface area contributed by atoms with E-state index in [1.165, 1.54) is 12.1 Å². The van der Waals surface area contributed by atoms with Gasteiger partial charge in [-0.2, -0.15) is 13.2 Å². The first-order valence-electron chi connectivity index (χ1n) is 8.79. The molecule has 0 saturated carbocycles. The van der Waals surface area contributed by atoms with Crippen molar-refractivity contribution < 1.29 is 32.2 Å². The molecule has 0 aliphatic carbocycles. The molecule has 0 fully saturated rings. The number of benzene rings is 2. The van der Waals surface area contributed by atoms with Gasteiger partial charge in [-0.25, -0.2) is 0 Å². The molecule has 0 amide bonds. The number of rotatable bonds is 8. The van der Waals surface area contributed by atoms with Gasteiger partial charge in [0.25, 0.3) is 0 Å². The molecule has 4 nitrogen and oxygen atoms in total. The zero-order valence-corrected chi connectivity index (χ0v) is 15.6. The van der Waals surface area contributed by atoms with E-state index in [9.17, 15) is 18.0 Å². The number of hydrogen-bond donors (Lipinski definition) is 0. The predicted molar refractivity (Wildman–Crippen MR) is 98.2 cm³/mol. The minimum Gasteiger partial charge on any atom is -0.466 e. The summed E-state index contributed by atoms with van der Waals surface area (Å²) in [7, 11) is 0. The van der Waals surface area contributed by atoms with Gasteiger partial charge in [-0.15, -0.1) is 0 Å². The molecule has 2 aromatic carbocycles. The highest BCUT2D eigenvalue weighted by molar-refractivity contribution is 5.72. The molecule has 2 aromatic rings. The van der Waals surface area contributed by atoms with Crippen LogP contribution in [0.25, 0.3) is 0 Å². The fourth-order valence-electron chi connectivity index (χ4n) is 2.31. The standard InChI is InChI=1S/C21H21F3O4/c1-3-5-19(14-20(25)26-4-2)28-18-12-10-17(11-13-18)27-16-8-6-15(7-9-16)21(22,23)24/h5-13H,3-4,14H2,1-2H3/b19-5-. The van der Waals surface area contributed by atoms with Crippen LogP contribution in [0.3, 0.4) is 0 Å². The highest BCUT2D eigenvalue weighted by Crippen LogP contribution is 2.31. The molecular weight excluding hydrogens is 373 g/mol. The lowest BCUT2D eigenvalue weighted by Crippen LogP contribution is -2.08. The summed E-state index contributed by atoms with van der Waals surface area (Å²) in [5.41, 5.74) is -0.736. The van der Waals surface area contributed by atoms with Crippen LogP contribution in [0.4, 0.5) is 13.2 Å². The molecule has 0 spiro atoms. The zero-order chi connectivity index (χ0) is 20.6. The van der Waals surface area contributed by atoms with Gasteiger partial charge in [0.2, 0.25) is 0 Å². The molecule has 2 rings (SSSR count). The van der Waals surface area contributed by atoms with Crippen molar-refractivity contribution in [2.75, 3.05) is 6.61 Å². The van der Waals surface area contributed by atoms with Crippen LogP contribution in [0.1, 0.15) is 32.3 Å². The van der Waals surface area contributed by atoms with E-state index in [1.807, 2.05) is 6.92 Å². The van der Waals surface area contributed by atoms with Gasteiger partial charge in [0.1, 0.15) is 29.4 Å². The van der Waals surface area contributed by atoms with Gasteiger partial charge in [0.15, 0.2) is 0 Å². The van der Waals surface area contributed by atoms with Crippen LogP contribution in [-0.4, -0.2) is 12.6 Å². The highest BCUT2D eigenvalue weighted by atomic mass is 19.4. The van der Waals surface area contributed by atoms with Crippen molar-refractivity contribution in [1.29, 1.82) is 0 Å². The molecule has 0 radical (unpaired) electrons. The van der Waals surface area contributed by atoms with Crippen molar-refractivity contribution in [3.8, 4) is 17.2 Å². The lowest BCUT2D eigenvalue weighted by molar-refractivity contribution is -0.142. The maximum absolute atomic E-state index is 12.6. The predicted octanol–water partition coefficient (Wildman–Crippen LogP) is 6.12. The summed E-state index contributed by atoms with van der Waals surface area (Å²) < 4.78 is 53.9. The Labute approximate surface area is 161 Å². The Morgan fingerprint density at radius 3 is 1.96 bits per heavy atom. The van der Waals surface area contributed by atoms with Crippen molar-refractivity contribution in [3.05, 3.63) is 65.9 Å². The Morgan fingerprint density at radius 2 is 1.46 bits per heavy atom. The van der Waals surface area contributed by atoms with Gasteiger partial charge in [-0.05, 0) is 68.0 Å². The molecule has 0 N–H and O–H groups in total. The van der Waals surface area contributed by atoms with E-state index >= 15 is 0 Å². The van der Waals surface area contributed by atoms with Crippen LogP contribution in [0.5, 0.6) is 17.2 Å². The fraction of sp³-hybridized carbons (Fsp3) is 0.286. The number of hydrogen-bond acceptors (Lipinski definition) is 4. The zero-order valence-electron chi connectivity index (χ0n) is 15.6. The lowest BCUT2D eigenvalue weighted by Gasteiger charge is -2.11. The van der Waals surface area contributed by atoms with E-state index in [-0.39, 0.29) is 18.1 Å². The van der Waals surface area contributed by atoms with Gasteiger partial charge in [0, 0.05) is 0 Å². The van der Waals surface area contributed by atoms with E-state index in [1.54, 1.807) is 37.3 Å². The van der Waals surface area contributed by atoms with E-state index in [0.29, 0.717) is 30.3 Å². The summed E-state index contributed by atoms with van der Waals surface area (Å²) in [5.74, 6) is 1.35. The van der Waals surface area contributed by atoms with Gasteiger partial charge in [0.05, 0.1) is 12.2 Å². The Bertz CT molecular complexity index is 794. The maximum Gasteiger partial charge on any atom is 0.416 e. The number of allylic oxidation sites excluding steroid dienone is 1. The second-order valence-electron chi connectivity index (χ2n) is 5.76. The van der Waals surface area contributed by atoms with Crippen LogP contribution in [0.15, 0.2) is 60.4 Å². The minimum atomic E-state index is -4.38. The minimum absolute atomic E-state index is 0.0332. The third-order valence-corrected chi connectivity index (χ3v) is 3.55. The quantitative estimate of drug-likeness (QED) is 0.399. The van der Waals surface area contributed by atoms with Crippen molar-refractivity contribution in [2.24, 2.45) is 0 Å². The van der Waals surface area contributed by atoms with Crippen molar-refractivity contribution in [3.63, 3.8) is 0 Å². The summed E-state index contributed by atoms with van der Waals surface area (Å²) in [4.78, 5) is 11.6. The first kappa shape index (κ1) is 21.3. The molecule has 28 heavy (non-hydrogen) atoms. The average molecular weight is 394 g/mol. The molecule has 0 unspecified atom stereocenters. The van der Waals surface area contributed by atoms with Gasteiger partial charge in [-0.1, -0.05) is 6.92 Å². The summed E-state index contributed by atoms with van der Waals surface area (Å²) in [6.45, 7) is 3.96. The van der Waals surface area contributed by atoms with Crippen molar-refractivity contribution in [1.82, 2.24) is 0 Å². The Balaban J connectivity index is 2.00. The topological polar surface area (TPSA) is 44.8 Å². The molecule has 0 aromatic heterocycles. The number of alkyl halides is 3. The Hall–Kier alpha value is -2.96. The molecule has 0 heterocycles. The number of ether oxygens (including phenoxy) is 3. The Kier molecular flexibility index (Phi) is 7.49. The number of halogens is 3. The third-order valence-electron chi connectivity index (χ3n) is 3.55. The number of carbonyl (C=O) groups excluding carboxylic acids is 1. The molecule has 7 heteroatoms. The largest absolute Gasteiger partial charge is 0.466 e. The first-order chi connectivity index (χ1) is 13.3. The summed E-state index contributed by atoms with van der Waals surface area (Å²) >= 11 is 0. The van der Waals surface area contributed by atoms with Crippen molar-refractivity contribution >= 4 is 5.97 Å². The molecule has 0 aliphatic heterocycles. The van der Waals surface area contributed by atoms with E-state index < -0.39 is 11.7 Å². The second-order valence-corrected chi connectivity index (χ2v) is 5.76. The second kappa shape index (κ2) is 9.82. The smallest absolute Gasteiger partial charge is 0.416 e. The number of carbonyl (C=O) groups is 1. The van der Waals surface area contributed by atoms with E-state index in [0.717, 1.165) is 12.1 Å². The molecule has 0 bridgehead atoms. The normalized spacial score (nSPS) is 11.8. The van der Waals surface area contributed by atoms with E-state index in [4.69, 9.17) is 14.2 Å². The van der Waals surface area contributed by atoms with Gasteiger partial charge in [-0.3, -0.25) is 4.79 Å². The molecule has 0 atom stereocenters. The van der Waals surface area contributed by atoms with Gasteiger partial charge >= 0.3 is 12.1 Å². The maximum atomic E-state index is 12.6. The molecule has 150 valence electrons. The number of esters is 1. The lowest BCUT2D eigenvalue weighted by atomic mass is 10.2. The molecular formula is C21H21F3O4. The van der Waals surface area contributed by atoms with E-state index in [2.05, 4.69) is 0 Å².